The Kier molecular flexibility index (Phi) is 3.25. The zero-order valence-corrected chi connectivity index (χ0v) is 11.8. The van der Waals surface area contributed by atoms with Gasteiger partial charge in [-0.05, 0) is 18.8 Å². The van der Waals surface area contributed by atoms with Crippen molar-refractivity contribution in [3.63, 3.8) is 0 Å². The Morgan fingerprint density at radius 3 is 2.75 bits per heavy atom. The first-order valence-electron chi connectivity index (χ1n) is 7.03. The summed E-state index contributed by atoms with van der Waals surface area (Å²) in [6.45, 7) is 4.15. The van der Waals surface area contributed by atoms with Gasteiger partial charge < -0.3 is 10.3 Å². The third-order valence-electron chi connectivity index (χ3n) is 3.89. The van der Waals surface area contributed by atoms with Crippen molar-refractivity contribution in [2.45, 2.75) is 51.0 Å². The molecule has 0 aliphatic heterocycles. The lowest BCUT2D eigenvalue weighted by molar-refractivity contribution is 0.372. The van der Waals surface area contributed by atoms with Crippen LogP contribution in [0.15, 0.2) is 17.0 Å². The van der Waals surface area contributed by atoms with Crippen LogP contribution in [-0.2, 0) is 5.54 Å². The maximum atomic E-state index is 6.35. The highest BCUT2D eigenvalue weighted by Gasteiger charge is 2.36. The molecule has 0 atom stereocenters. The van der Waals surface area contributed by atoms with E-state index in [1.54, 1.807) is 6.20 Å². The monoisotopic (exact) mass is 273 g/mol. The molecule has 2 aromatic heterocycles. The molecule has 6 nitrogen and oxygen atoms in total. The second kappa shape index (κ2) is 4.94. The quantitative estimate of drug-likeness (QED) is 0.923. The van der Waals surface area contributed by atoms with Crippen molar-refractivity contribution in [1.82, 2.24) is 20.1 Å². The van der Waals surface area contributed by atoms with Gasteiger partial charge in [0.25, 0.3) is 5.89 Å². The molecule has 20 heavy (non-hydrogen) atoms. The summed E-state index contributed by atoms with van der Waals surface area (Å²) in [4.78, 5) is 12.9. The number of nitrogens with zero attached hydrogens (tertiary/aromatic N) is 4. The fourth-order valence-electron chi connectivity index (χ4n) is 2.73. The Labute approximate surface area is 117 Å². The molecular weight excluding hydrogens is 254 g/mol. The van der Waals surface area contributed by atoms with Crippen LogP contribution in [0.3, 0.4) is 0 Å². The summed E-state index contributed by atoms with van der Waals surface area (Å²) >= 11 is 0. The third-order valence-corrected chi connectivity index (χ3v) is 3.89. The van der Waals surface area contributed by atoms with E-state index in [0.717, 1.165) is 36.9 Å². The smallest absolute Gasteiger partial charge is 0.261 e. The second-order valence-electron chi connectivity index (χ2n) is 5.76. The Balaban J connectivity index is 1.98. The maximum absolute atomic E-state index is 6.35. The minimum absolute atomic E-state index is 0.265. The Hall–Kier alpha value is -1.82. The molecule has 2 aromatic rings. The lowest BCUT2D eigenvalue weighted by Crippen LogP contribution is -2.34. The fourth-order valence-corrected chi connectivity index (χ4v) is 2.73. The number of aromatic nitrogens is 4. The van der Waals surface area contributed by atoms with Gasteiger partial charge in [0, 0.05) is 6.20 Å². The molecule has 0 bridgehead atoms. The van der Waals surface area contributed by atoms with Gasteiger partial charge in [0.2, 0.25) is 0 Å². The van der Waals surface area contributed by atoms with Crippen LogP contribution in [0.5, 0.6) is 0 Å². The number of nitrogens with two attached hydrogens (primary N) is 1. The summed E-state index contributed by atoms with van der Waals surface area (Å²) in [5.41, 5.74) is 7.62. The minimum Gasteiger partial charge on any atom is -0.334 e. The van der Waals surface area contributed by atoms with Gasteiger partial charge in [0.1, 0.15) is 6.33 Å². The van der Waals surface area contributed by atoms with Crippen molar-refractivity contribution in [1.29, 1.82) is 0 Å². The van der Waals surface area contributed by atoms with Crippen molar-refractivity contribution in [3.05, 3.63) is 24.0 Å². The molecule has 1 saturated carbocycles. The van der Waals surface area contributed by atoms with Crippen LogP contribution in [0, 0.1) is 0 Å². The van der Waals surface area contributed by atoms with Gasteiger partial charge in [-0.2, -0.15) is 4.98 Å². The predicted octanol–water partition coefficient (Wildman–Crippen LogP) is 2.38. The predicted molar refractivity (Wildman–Crippen MR) is 73.7 cm³/mol. The largest absolute Gasteiger partial charge is 0.334 e. The standard InChI is InChI=1S/C14H19N5O/c1-9(2)11-10(7-16-8-17-11)12-18-13(19-20-12)14(15)5-3-4-6-14/h7-9H,3-6,15H2,1-2H3. The maximum Gasteiger partial charge on any atom is 0.261 e. The summed E-state index contributed by atoms with van der Waals surface area (Å²) < 4.78 is 5.40. The Bertz CT molecular complexity index is 601. The summed E-state index contributed by atoms with van der Waals surface area (Å²) in [7, 11) is 0. The van der Waals surface area contributed by atoms with Crippen molar-refractivity contribution < 1.29 is 4.52 Å². The van der Waals surface area contributed by atoms with Crippen LogP contribution in [-0.4, -0.2) is 20.1 Å². The Morgan fingerprint density at radius 2 is 2.05 bits per heavy atom. The number of hydrogen-bond donors (Lipinski definition) is 1. The van der Waals surface area contributed by atoms with Gasteiger partial charge in [-0.1, -0.05) is 31.8 Å². The van der Waals surface area contributed by atoms with E-state index in [0.29, 0.717) is 11.7 Å². The van der Waals surface area contributed by atoms with E-state index >= 15 is 0 Å². The molecule has 1 aliphatic rings. The van der Waals surface area contributed by atoms with E-state index in [-0.39, 0.29) is 5.92 Å². The van der Waals surface area contributed by atoms with Crippen LogP contribution in [0.25, 0.3) is 11.5 Å². The molecule has 1 fully saturated rings. The molecule has 2 N–H and O–H groups in total. The SMILES string of the molecule is CC(C)c1ncncc1-c1nc(C2(N)CCCC2)no1. The van der Waals surface area contributed by atoms with Crippen molar-refractivity contribution >= 4 is 0 Å². The zero-order valence-electron chi connectivity index (χ0n) is 11.8. The highest BCUT2D eigenvalue weighted by molar-refractivity contribution is 5.55. The molecule has 0 aromatic carbocycles. The molecule has 6 heteroatoms. The van der Waals surface area contributed by atoms with E-state index in [9.17, 15) is 0 Å². The van der Waals surface area contributed by atoms with Gasteiger partial charge in [0.15, 0.2) is 5.82 Å². The second-order valence-corrected chi connectivity index (χ2v) is 5.76. The number of rotatable bonds is 3. The molecule has 0 unspecified atom stereocenters. The molecule has 3 rings (SSSR count). The van der Waals surface area contributed by atoms with Crippen LogP contribution in [0.1, 0.15) is 57.0 Å². The average Bonchev–Trinajstić information content (AvgIpc) is 3.08. The summed E-state index contributed by atoms with van der Waals surface area (Å²) in [6.07, 6.45) is 7.32. The lowest BCUT2D eigenvalue weighted by atomic mass is 9.98. The molecule has 0 spiro atoms. The van der Waals surface area contributed by atoms with Crippen LogP contribution in [0.2, 0.25) is 0 Å². The summed E-state index contributed by atoms with van der Waals surface area (Å²) in [5, 5.41) is 4.08. The van der Waals surface area contributed by atoms with Crippen molar-refractivity contribution in [2.75, 3.05) is 0 Å². The lowest BCUT2D eigenvalue weighted by Gasteiger charge is -2.17. The molecule has 2 heterocycles. The molecule has 1 aliphatic carbocycles. The van der Waals surface area contributed by atoms with E-state index in [4.69, 9.17) is 10.3 Å². The first kappa shape index (κ1) is 13.2. The van der Waals surface area contributed by atoms with Gasteiger partial charge in [-0.3, -0.25) is 0 Å². The molecule has 0 saturated heterocycles. The molecule has 0 amide bonds. The van der Waals surface area contributed by atoms with E-state index < -0.39 is 5.54 Å². The van der Waals surface area contributed by atoms with Gasteiger partial charge in [-0.25, -0.2) is 9.97 Å². The normalized spacial score (nSPS) is 17.8. The van der Waals surface area contributed by atoms with Gasteiger partial charge >= 0.3 is 0 Å². The van der Waals surface area contributed by atoms with Crippen molar-refractivity contribution in [2.24, 2.45) is 5.73 Å². The van der Waals surface area contributed by atoms with Crippen molar-refractivity contribution in [3.8, 4) is 11.5 Å². The molecular formula is C14H19N5O. The first-order valence-corrected chi connectivity index (χ1v) is 7.03. The van der Waals surface area contributed by atoms with Crippen LogP contribution >= 0.6 is 0 Å². The summed E-state index contributed by atoms with van der Waals surface area (Å²) in [5.74, 6) is 1.33. The zero-order chi connectivity index (χ0) is 14.2. The Morgan fingerprint density at radius 1 is 1.30 bits per heavy atom. The van der Waals surface area contributed by atoms with E-state index in [1.807, 2.05) is 0 Å². The summed E-state index contributed by atoms with van der Waals surface area (Å²) in [6, 6.07) is 0. The van der Waals surface area contributed by atoms with Gasteiger partial charge in [0.05, 0.1) is 16.8 Å². The fraction of sp³-hybridized carbons (Fsp3) is 0.571. The average molecular weight is 273 g/mol. The minimum atomic E-state index is -0.435. The third kappa shape index (κ3) is 2.20. The van der Waals surface area contributed by atoms with E-state index in [1.165, 1.54) is 6.33 Å². The highest BCUT2D eigenvalue weighted by atomic mass is 16.5. The highest BCUT2D eigenvalue weighted by Crippen LogP contribution is 2.36. The molecule has 106 valence electrons. The molecule has 0 radical (unpaired) electrons. The van der Waals surface area contributed by atoms with E-state index in [2.05, 4.69) is 34.0 Å². The topological polar surface area (TPSA) is 90.7 Å². The number of hydrogen-bond acceptors (Lipinski definition) is 6. The van der Waals surface area contributed by atoms with Crippen LogP contribution in [0.4, 0.5) is 0 Å². The van der Waals surface area contributed by atoms with Crippen LogP contribution < -0.4 is 5.73 Å². The van der Waals surface area contributed by atoms with Gasteiger partial charge in [-0.15, -0.1) is 0 Å². The first-order chi connectivity index (χ1) is 9.60.